The van der Waals surface area contributed by atoms with Gasteiger partial charge in [-0.3, -0.25) is 4.79 Å². The van der Waals surface area contributed by atoms with Gasteiger partial charge in [-0.05, 0) is 76.0 Å². The SMILES string of the molecule is CCCCC[C@@](C)(O)CC[C@@H]1[C@H]2CC(CCCCC(=O)N(C)C)=C[C@H]2C[C@H]1O. The second-order valence-corrected chi connectivity index (χ2v) is 9.81. The molecule has 28 heavy (non-hydrogen) atoms. The van der Waals surface area contributed by atoms with Crippen LogP contribution in [-0.4, -0.2) is 46.8 Å². The van der Waals surface area contributed by atoms with E-state index < -0.39 is 5.60 Å². The number of hydrogen-bond acceptors (Lipinski definition) is 3. The Morgan fingerprint density at radius 3 is 2.64 bits per heavy atom. The molecule has 0 heterocycles. The molecule has 0 aromatic carbocycles. The number of rotatable bonds is 12. The van der Waals surface area contributed by atoms with E-state index in [1.807, 2.05) is 21.0 Å². The van der Waals surface area contributed by atoms with Gasteiger partial charge in [-0.25, -0.2) is 0 Å². The molecular weight excluding hydrogens is 350 g/mol. The van der Waals surface area contributed by atoms with Crippen LogP contribution >= 0.6 is 0 Å². The molecule has 0 bridgehead atoms. The molecule has 2 rings (SSSR count). The Morgan fingerprint density at radius 1 is 1.21 bits per heavy atom. The van der Waals surface area contributed by atoms with Gasteiger partial charge in [-0.2, -0.15) is 0 Å². The van der Waals surface area contributed by atoms with Crippen molar-refractivity contribution >= 4 is 5.91 Å². The summed E-state index contributed by atoms with van der Waals surface area (Å²) >= 11 is 0. The third-order valence-electron chi connectivity index (χ3n) is 7.03. The van der Waals surface area contributed by atoms with Crippen molar-refractivity contribution < 1.29 is 15.0 Å². The first-order chi connectivity index (χ1) is 13.2. The van der Waals surface area contributed by atoms with Gasteiger partial charge in [0.25, 0.3) is 0 Å². The molecule has 0 radical (unpaired) electrons. The fraction of sp³-hybridized carbons (Fsp3) is 0.875. The van der Waals surface area contributed by atoms with Crippen molar-refractivity contribution in [2.75, 3.05) is 14.1 Å². The maximum atomic E-state index is 11.7. The topological polar surface area (TPSA) is 60.8 Å². The summed E-state index contributed by atoms with van der Waals surface area (Å²) in [6, 6.07) is 0. The number of carbonyl (C=O) groups excluding carboxylic acids is 1. The smallest absolute Gasteiger partial charge is 0.222 e. The molecule has 2 aliphatic rings. The molecule has 4 nitrogen and oxygen atoms in total. The predicted molar refractivity (Wildman–Crippen MR) is 115 cm³/mol. The van der Waals surface area contributed by atoms with Crippen LogP contribution in [0.1, 0.15) is 90.9 Å². The highest BCUT2D eigenvalue weighted by molar-refractivity contribution is 5.75. The summed E-state index contributed by atoms with van der Waals surface area (Å²) in [6.45, 7) is 4.16. The summed E-state index contributed by atoms with van der Waals surface area (Å²) in [6.07, 6.45) is 14.0. The van der Waals surface area contributed by atoms with Gasteiger partial charge in [-0.15, -0.1) is 0 Å². The number of unbranched alkanes of at least 4 members (excludes halogenated alkanes) is 3. The number of fused-ring (bicyclic) bond motifs is 1. The zero-order valence-electron chi connectivity index (χ0n) is 18.6. The van der Waals surface area contributed by atoms with Crippen molar-refractivity contribution in [3.8, 4) is 0 Å². The highest BCUT2D eigenvalue weighted by atomic mass is 16.3. The molecule has 0 aliphatic heterocycles. The van der Waals surface area contributed by atoms with Crippen molar-refractivity contribution in [1.29, 1.82) is 0 Å². The van der Waals surface area contributed by atoms with Crippen molar-refractivity contribution in [3.63, 3.8) is 0 Å². The molecule has 5 atom stereocenters. The van der Waals surface area contributed by atoms with Gasteiger partial charge >= 0.3 is 0 Å². The van der Waals surface area contributed by atoms with E-state index in [2.05, 4.69) is 13.0 Å². The molecule has 0 aromatic heterocycles. The number of nitrogens with zero attached hydrogens (tertiary/aromatic N) is 1. The number of aliphatic hydroxyl groups is 2. The van der Waals surface area contributed by atoms with E-state index in [1.165, 1.54) is 18.4 Å². The molecule has 0 spiro atoms. The van der Waals surface area contributed by atoms with E-state index >= 15 is 0 Å². The van der Waals surface area contributed by atoms with E-state index in [-0.39, 0.29) is 12.0 Å². The second-order valence-electron chi connectivity index (χ2n) is 9.81. The molecule has 1 amide bonds. The molecule has 1 fully saturated rings. The molecule has 4 heteroatoms. The fourth-order valence-corrected chi connectivity index (χ4v) is 5.20. The van der Waals surface area contributed by atoms with Crippen molar-refractivity contribution in [2.24, 2.45) is 17.8 Å². The van der Waals surface area contributed by atoms with Crippen LogP contribution in [0.2, 0.25) is 0 Å². The summed E-state index contributed by atoms with van der Waals surface area (Å²) in [7, 11) is 3.63. The summed E-state index contributed by atoms with van der Waals surface area (Å²) in [5, 5.41) is 21.2. The molecule has 0 unspecified atom stereocenters. The van der Waals surface area contributed by atoms with Crippen molar-refractivity contribution in [2.45, 2.75) is 103 Å². The molecule has 0 saturated heterocycles. The Bertz CT molecular complexity index is 526. The minimum Gasteiger partial charge on any atom is -0.393 e. The number of aliphatic hydroxyl groups excluding tert-OH is 1. The summed E-state index contributed by atoms with van der Waals surface area (Å²) in [4.78, 5) is 13.3. The lowest BCUT2D eigenvalue weighted by molar-refractivity contribution is -0.128. The lowest BCUT2D eigenvalue weighted by Crippen LogP contribution is -2.28. The lowest BCUT2D eigenvalue weighted by Gasteiger charge is -2.28. The minimum atomic E-state index is -0.596. The number of allylic oxidation sites excluding steroid dienone is 2. The number of hydrogen-bond donors (Lipinski definition) is 2. The van der Waals surface area contributed by atoms with Crippen LogP contribution in [0, 0.1) is 17.8 Å². The molecule has 0 aromatic rings. The molecule has 2 N–H and O–H groups in total. The van der Waals surface area contributed by atoms with Crippen molar-refractivity contribution in [1.82, 2.24) is 4.90 Å². The van der Waals surface area contributed by atoms with Crippen LogP contribution in [-0.2, 0) is 4.79 Å². The lowest BCUT2D eigenvalue weighted by atomic mass is 9.82. The highest BCUT2D eigenvalue weighted by Gasteiger charge is 2.44. The van der Waals surface area contributed by atoms with E-state index in [9.17, 15) is 15.0 Å². The van der Waals surface area contributed by atoms with Crippen LogP contribution in [0.15, 0.2) is 11.6 Å². The van der Waals surface area contributed by atoms with Crippen molar-refractivity contribution in [3.05, 3.63) is 11.6 Å². The first-order valence-corrected chi connectivity index (χ1v) is 11.5. The van der Waals surface area contributed by atoms with Crippen LogP contribution in [0.3, 0.4) is 0 Å². The van der Waals surface area contributed by atoms with Crippen LogP contribution in [0.25, 0.3) is 0 Å². The van der Waals surface area contributed by atoms with Gasteiger partial charge in [0, 0.05) is 20.5 Å². The molecule has 2 aliphatic carbocycles. The first-order valence-electron chi connectivity index (χ1n) is 11.5. The van der Waals surface area contributed by atoms with E-state index in [0.29, 0.717) is 24.2 Å². The number of carbonyl (C=O) groups is 1. The average Bonchev–Trinajstić information content (AvgIpc) is 3.13. The third kappa shape index (κ3) is 6.88. The summed E-state index contributed by atoms with van der Waals surface area (Å²) in [5.41, 5.74) is 0.930. The zero-order valence-corrected chi connectivity index (χ0v) is 18.6. The van der Waals surface area contributed by atoms with Gasteiger partial charge in [-0.1, -0.05) is 37.8 Å². The van der Waals surface area contributed by atoms with Gasteiger partial charge in [0.2, 0.25) is 5.91 Å². The van der Waals surface area contributed by atoms with Gasteiger partial charge in [0.1, 0.15) is 0 Å². The average molecular weight is 394 g/mol. The number of amides is 1. The maximum absolute atomic E-state index is 11.7. The van der Waals surface area contributed by atoms with E-state index in [0.717, 1.165) is 57.8 Å². The third-order valence-corrected chi connectivity index (χ3v) is 7.03. The Labute approximate surface area is 172 Å². The Balaban J connectivity index is 1.75. The minimum absolute atomic E-state index is 0.211. The first kappa shape index (κ1) is 23.4. The van der Waals surface area contributed by atoms with Crippen LogP contribution in [0.5, 0.6) is 0 Å². The zero-order chi connectivity index (χ0) is 20.7. The van der Waals surface area contributed by atoms with E-state index in [4.69, 9.17) is 0 Å². The van der Waals surface area contributed by atoms with Gasteiger partial charge in [0.15, 0.2) is 0 Å². The monoisotopic (exact) mass is 393 g/mol. The Kier molecular flexibility index (Phi) is 9.01. The predicted octanol–water partition coefficient (Wildman–Crippen LogP) is 4.69. The van der Waals surface area contributed by atoms with E-state index in [1.54, 1.807) is 4.90 Å². The molecule has 1 saturated carbocycles. The van der Waals surface area contributed by atoms with Gasteiger partial charge < -0.3 is 15.1 Å². The Hall–Kier alpha value is -0.870. The Morgan fingerprint density at radius 2 is 1.96 bits per heavy atom. The van der Waals surface area contributed by atoms with Gasteiger partial charge in [0.05, 0.1) is 11.7 Å². The van der Waals surface area contributed by atoms with Crippen LogP contribution < -0.4 is 0 Å². The van der Waals surface area contributed by atoms with Crippen LogP contribution in [0.4, 0.5) is 0 Å². The summed E-state index contributed by atoms with van der Waals surface area (Å²) < 4.78 is 0. The molecular formula is C24H43NO3. The maximum Gasteiger partial charge on any atom is 0.222 e. The highest BCUT2D eigenvalue weighted by Crippen LogP contribution is 2.49. The summed E-state index contributed by atoms with van der Waals surface area (Å²) in [5.74, 6) is 1.61. The largest absolute Gasteiger partial charge is 0.393 e. The normalized spacial score (nSPS) is 28.7. The fourth-order valence-electron chi connectivity index (χ4n) is 5.20. The quantitative estimate of drug-likeness (QED) is 0.373. The molecule has 162 valence electrons. The second kappa shape index (κ2) is 10.8. The standard InChI is InChI=1S/C24H43NO3/c1-5-6-9-13-24(2,28)14-12-20-21-16-18(15-19(21)17-22(20)26)10-7-8-11-23(27)25(3)4/h15,19-22,26,28H,5-14,16-17H2,1-4H3/t19-,20+,21-,22+,24+/m0/s1.